The predicted octanol–water partition coefficient (Wildman–Crippen LogP) is -0.941. The van der Waals surface area contributed by atoms with Gasteiger partial charge in [0, 0.05) is 6.04 Å². The summed E-state index contributed by atoms with van der Waals surface area (Å²) in [6.45, 7) is 3.25. The van der Waals surface area contributed by atoms with Gasteiger partial charge >= 0.3 is 0 Å². The second kappa shape index (κ2) is 6.12. The lowest BCUT2D eigenvalue weighted by Crippen LogP contribution is -2.36. The Hall–Kier alpha value is -0.610. The summed E-state index contributed by atoms with van der Waals surface area (Å²) in [4.78, 5) is 10.3. The van der Waals surface area contributed by atoms with Crippen LogP contribution in [0.2, 0.25) is 0 Å². The van der Waals surface area contributed by atoms with Crippen molar-refractivity contribution in [2.45, 2.75) is 19.4 Å². The summed E-state index contributed by atoms with van der Waals surface area (Å²) in [5, 5.41) is 6.03. The Morgan fingerprint density at radius 3 is 2.73 bits per heavy atom. The number of rotatable bonds is 6. The summed E-state index contributed by atoms with van der Waals surface area (Å²) in [6, 6.07) is 0.343. The highest BCUT2D eigenvalue weighted by Gasteiger charge is 2.00. The van der Waals surface area contributed by atoms with Gasteiger partial charge in [0.25, 0.3) is 0 Å². The molecule has 0 aliphatic rings. The van der Waals surface area contributed by atoms with Crippen LogP contribution in [0.4, 0.5) is 0 Å². The highest BCUT2D eigenvalue weighted by atomic mass is 16.1. The van der Waals surface area contributed by atoms with E-state index in [-0.39, 0.29) is 12.5 Å². The monoisotopic (exact) mass is 159 g/mol. The Morgan fingerprint density at radius 2 is 2.27 bits per heavy atom. The number of primary amides is 1. The average Bonchev–Trinajstić information content (AvgIpc) is 1.97. The fourth-order valence-corrected chi connectivity index (χ4v) is 0.738. The molecule has 1 atom stereocenters. The molecule has 0 saturated heterocycles. The zero-order valence-electron chi connectivity index (χ0n) is 7.18. The van der Waals surface area contributed by atoms with E-state index in [1.807, 2.05) is 14.0 Å². The van der Waals surface area contributed by atoms with E-state index in [0.29, 0.717) is 6.04 Å². The van der Waals surface area contributed by atoms with E-state index in [4.69, 9.17) is 5.73 Å². The first-order valence-electron chi connectivity index (χ1n) is 3.83. The second-order valence-electron chi connectivity index (χ2n) is 2.64. The molecule has 0 aliphatic carbocycles. The van der Waals surface area contributed by atoms with E-state index in [2.05, 4.69) is 10.6 Å². The van der Waals surface area contributed by atoms with Gasteiger partial charge in [-0.1, -0.05) is 0 Å². The minimum absolute atomic E-state index is 0.269. The number of carbonyl (C=O) groups excluding carboxylic acids is 1. The van der Waals surface area contributed by atoms with Gasteiger partial charge in [-0.3, -0.25) is 4.79 Å². The molecule has 0 aliphatic heterocycles. The molecule has 0 spiro atoms. The molecule has 4 nitrogen and oxygen atoms in total. The average molecular weight is 159 g/mol. The van der Waals surface area contributed by atoms with Gasteiger partial charge in [0.05, 0.1) is 6.54 Å². The lowest BCUT2D eigenvalue weighted by atomic mass is 10.2. The summed E-state index contributed by atoms with van der Waals surface area (Å²) in [7, 11) is 1.90. The molecule has 66 valence electrons. The van der Waals surface area contributed by atoms with E-state index in [9.17, 15) is 4.79 Å². The van der Waals surface area contributed by atoms with Gasteiger partial charge in [-0.25, -0.2) is 0 Å². The second-order valence-corrected chi connectivity index (χ2v) is 2.64. The molecular weight excluding hydrogens is 142 g/mol. The summed E-state index contributed by atoms with van der Waals surface area (Å²) in [6.07, 6.45) is 1.00. The highest BCUT2D eigenvalue weighted by Crippen LogP contribution is 1.86. The van der Waals surface area contributed by atoms with Crippen molar-refractivity contribution in [3.63, 3.8) is 0 Å². The fraction of sp³-hybridized carbons (Fsp3) is 0.857. The Bertz CT molecular complexity index is 116. The smallest absolute Gasteiger partial charge is 0.231 e. The number of nitrogens with one attached hydrogen (secondary N) is 2. The van der Waals surface area contributed by atoms with Crippen molar-refractivity contribution < 1.29 is 4.79 Å². The van der Waals surface area contributed by atoms with Crippen molar-refractivity contribution in [3.8, 4) is 0 Å². The summed E-state index contributed by atoms with van der Waals surface area (Å²) < 4.78 is 0. The van der Waals surface area contributed by atoms with Crippen LogP contribution >= 0.6 is 0 Å². The van der Waals surface area contributed by atoms with Gasteiger partial charge in [-0.2, -0.15) is 0 Å². The van der Waals surface area contributed by atoms with Crippen LogP contribution in [0, 0.1) is 0 Å². The van der Waals surface area contributed by atoms with Crippen LogP contribution in [0.25, 0.3) is 0 Å². The van der Waals surface area contributed by atoms with Gasteiger partial charge in [0.15, 0.2) is 0 Å². The van der Waals surface area contributed by atoms with E-state index < -0.39 is 0 Å². The van der Waals surface area contributed by atoms with Crippen molar-refractivity contribution in [2.75, 3.05) is 20.1 Å². The fourth-order valence-electron chi connectivity index (χ4n) is 0.738. The SMILES string of the molecule is CNCCC(C)NCC(N)=O. The maximum atomic E-state index is 10.3. The third-order valence-electron chi connectivity index (χ3n) is 1.45. The maximum absolute atomic E-state index is 10.3. The molecular formula is C7H17N3O. The Morgan fingerprint density at radius 1 is 1.64 bits per heavy atom. The van der Waals surface area contributed by atoms with Gasteiger partial charge in [0.1, 0.15) is 0 Å². The molecule has 0 fully saturated rings. The molecule has 0 aromatic rings. The molecule has 0 heterocycles. The molecule has 1 unspecified atom stereocenters. The zero-order chi connectivity index (χ0) is 8.69. The molecule has 0 radical (unpaired) electrons. The number of nitrogens with two attached hydrogens (primary N) is 1. The standard InChI is InChI=1S/C7H17N3O/c1-6(3-4-9-2)10-5-7(8)11/h6,9-10H,3-5H2,1-2H3,(H2,8,11). The first-order chi connectivity index (χ1) is 5.16. The molecule has 0 aromatic carbocycles. The maximum Gasteiger partial charge on any atom is 0.231 e. The highest BCUT2D eigenvalue weighted by molar-refractivity contribution is 5.75. The van der Waals surface area contributed by atoms with Crippen LogP contribution in [0.3, 0.4) is 0 Å². The van der Waals surface area contributed by atoms with Crippen LogP contribution in [-0.2, 0) is 4.79 Å². The van der Waals surface area contributed by atoms with Crippen molar-refractivity contribution in [3.05, 3.63) is 0 Å². The molecule has 1 amide bonds. The number of amides is 1. The lowest BCUT2D eigenvalue weighted by Gasteiger charge is -2.11. The van der Waals surface area contributed by atoms with E-state index in [1.54, 1.807) is 0 Å². The molecule has 0 saturated carbocycles. The third-order valence-corrected chi connectivity index (χ3v) is 1.45. The Labute approximate surface area is 67.5 Å². The van der Waals surface area contributed by atoms with Crippen molar-refractivity contribution in [1.82, 2.24) is 10.6 Å². The summed E-state index contributed by atoms with van der Waals surface area (Å²) >= 11 is 0. The van der Waals surface area contributed by atoms with Crippen molar-refractivity contribution in [1.29, 1.82) is 0 Å². The summed E-state index contributed by atoms with van der Waals surface area (Å²) in [5.41, 5.74) is 4.95. The molecule has 4 heteroatoms. The third kappa shape index (κ3) is 7.29. The molecule has 11 heavy (non-hydrogen) atoms. The van der Waals surface area contributed by atoms with Gasteiger partial charge < -0.3 is 16.4 Å². The van der Waals surface area contributed by atoms with E-state index in [1.165, 1.54) is 0 Å². The minimum atomic E-state index is -0.304. The first kappa shape index (κ1) is 10.4. The number of carbonyl (C=O) groups is 1. The van der Waals surface area contributed by atoms with Gasteiger partial charge in [-0.05, 0) is 26.9 Å². The molecule has 0 bridgehead atoms. The normalized spacial score (nSPS) is 12.9. The largest absolute Gasteiger partial charge is 0.369 e. The Kier molecular flexibility index (Phi) is 5.78. The van der Waals surface area contributed by atoms with Gasteiger partial charge in [-0.15, -0.1) is 0 Å². The lowest BCUT2D eigenvalue weighted by molar-refractivity contribution is -0.117. The molecule has 0 rings (SSSR count). The van der Waals surface area contributed by atoms with Crippen LogP contribution in [0.15, 0.2) is 0 Å². The molecule has 0 aromatic heterocycles. The van der Waals surface area contributed by atoms with Crippen LogP contribution < -0.4 is 16.4 Å². The summed E-state index contributed by atoms with van der Waals surface area (Å²) in [5.74, 6) is -0.304. The van der Waals surface area contributed by atoms with Gasteiger partial charge in [0.2, 0.25) is 5.91 Å². The topological polar surface area (TPSA) is 67.2 Å². The van der Waals surface area contributed by atoms with Crippen LogP contribution in [-0.4, -0.2) is 32.1 Å². The quantitative estimate of drug-likeness (QED) is 0.468. The number of hydrogen-bond donors (Lipinski definition) is 3. The molecule has 4 N–H and O–H groups in total. The van der Waals surface area contributed by atoms with Crippen LogP contribution in [0.1, 0.15) is 13.3 Å². The van der Waals surface area contributed by atoms with E-state index in [0.717, 1.165) is 13.0 Å². The number of hydrogen-bond acceptors (Lipinski definition) is 3. The van der Waals surface area contributed by atoms with Crippen LogP contribution in [0.5, 0.6) is 0 Å². The zero-order valence-corrected chi connectivity index (χ0v) is 7.18. The van der Waals surface area contributed by atoms with Crippen molar-refractivity contribution >= 4 is 5.91 Å². The minimum Gasteiger partial charge on any atom is -0.369 e. The van der Waals surface area contributed by atoms with E-state index >= 15 is 0 Å². The van der Waals surface area contributed by atoms with Crippen molar-refractivity contribution in [2.24, 2.45) is 5.73 Å². The Balaban J connectivity index is 3.22. The first-order valence-corrected chi connectivity index (χ1v) is 3.83. The predicted molar refractivity (Wildman–Crippen MR) is 45.2 cm³/mol.